The van der Waals surface area contributed by atoms with Crippen LogP contribution in [-0.2, 0) is 14.3 Å². The van der Waals surface area contributed by atoms with Gasteiger partial charge in [-0.1, -0.05) is 6.58 Å². The van der Waals surface area contributed by atoms with Crippen LogP contribution in [0, 0.1) is 0 Å². The molecule has 0 aliphatic heterocycles. The molecule has 0 aliphatic rings. The molecule has 0 radical (unpaired) electrons. The predicted octanol–water partition coefficient (Wildman–Crippen LogP) is 2.48. The molecule has 0 heterocycles. The van der Waals surface area contributed by atoms with E-state index >= 15 is 0 Å². The third kappa shape index (κ3) is 3.08. The zero-order valence-electron chi connectivity index (χ0n) is 8.08. The summed E-state index contributed by atoms with van der Waals surface area (Å²) in [6.45, 7) is 1.95. The molecular formula is C7H5F7O3. The van der Waals surface area contributed by atoms with Gasteiger partial charge in [0.15, 0.2) is 5.83 Å². The van der Waals surface area contributed by atoms with Gasteiger partial charge in [0.05, 0.1) is 7.11 Å². The van der Waals surface area contributed by atoms with E-state index in [4.69, 9.17) is 0 Å². The van der Waals surface area contributed by atoms with E-state index in [0.29, 0.717) is 7.11 Å². The second kappa shape index (κ2) is 4.51. The van der Waals surface area contributed by atoms with Crippen LogP contribution in [0.15, 0.2) is 12.4 Å². The van der Waals surface area contributed by atoms with Crippen LogP contribution in [-0.4, -0.2) is 31.2 Å². The molecule has 0 fully saturated rings. The van der Waals surface area contributed by atoms with E-state index < -0.39 is 29.9 Å². The smallest absolute Gasteiger partial charge is 0.460 e. The molecule has 0 rings (SSSR count). The van der Waals surface area contributed by atoms with Crippen LogP contribution in [0.5, 0.6) is 0 Å². The summed E-state index contributed by atoms with van der Waals surface area (Å²) in [6.07, 6.45) is -11.5. The van der Waals surface area contributed by atoms with Crippen molar-refractivity contribution in [1.29, 1.82) is 0 Å². The average Bonchev–Trinajstić information content (AvgIpc) is 2.13. The Hall–Kier alpha value is -1.32. The van der Waals surface area contributed by atoms with Crippen molar-refractivity contribution in [1.82, 2.24) is 0 Å². The van der Waals surface area contributed by atoms with Crippen LogP contribution in [0.4, 0.5) is 30.7 Å². The molecular weight excluding hydrogens is 265 g/mol. The maximum Gasteiger partial charge on any atom is 0.460 e. The zero-order chi connectivity index (χ0) is 14.1. The van der Waals surface area contributed by atoms with E-state index in [1.807, 2.05) is 6.58 Å². The number of hydrogen-bond acceptors (Lipinski definition) is 3. The minimum absolute atomic E-state index is 0.300. The summed E-state index contributed by atoms with van der Waals surface area (Å²) in [4.78, 5) is 10.5. The molecule has 0 aromatic heterocycles. The third-order valence-corrected chi connectivity index (χ3v) is 1.40. The van der Waals surface area contributed by atoms with Crippen molar-refractivity contribution in [3.05, 3.63) is 12.4 Å². The average molecular weight is 270 g/mol. The molecule has 10 heteroatoms. The van der Waals surface area contributed by atoms with Gasteiger partial charge < -0.3 is 4.74 Å². The van der Waals surface area contributed by atoms with Crippen molar-refractivity contribution < 1.29 is 45.0 Å². The zero-order valence-corrected chi connectivity index (χ0v) is 8.08. The van der Waals surface area contributed by atoms with Gasteiger partial charge in [-0.3, -0.25) is 4.74 Å². The Morgan fingerprint density at radius 3 is 1.76 bits per heavy atom. The lowest BCUT2D eigenvalue weighted by Crippen LogP contribution is -2.54. The highest BCUT2D eigenvalue weighted by atomic mass is 19.4. The number of halogens is 7. The van der Waals surface area contributed by atoms with E-state index in [-0.39, 0.29) is 0 Å². The van der Waals surface area contributed by atoms with Crippen molar-refractivity contribution >= 4 is 5.97 Å². The van der Waals surface area contributed by atoms with Crippen molar-refractivity contribution in [3.8, 4) is 0 Å². The van der Waals surface area contributed by atoms with E-state index in [2.05, 4.69) is 9.47 Å². The lowest BCUT2D eigenvalue weighted by molar-refractivity contribution is -0.390. The van der Waals surface area contributed by atoms with Crippen molar-refractivity contribution in [2.75, 3.05) is 7.11 Å². The molecule has 0 amide bonds. The molecule has 0 aromatic rings. The quantitative estimate of drug-likeness (QED) is 0.581. The number of esters is 1. The van der Waals surface area contributed by atoms with Crippen LogP contribution >= 0.6 is 0 Å². The molecule has 1 atom stereocenters. The number of methoxy groups -OCH3 is 1. The number of alkyl halides is 6. The van der Waals surface area contributed by atoms with Crippen LogP contribution in [0.1, 0.15) is 0 Å². The summed E-state index contributed by atoms with van der Waals surface area (Å²) in [5.74, 6) is -11.0. The molecule has 0 saturated carbocycles. The monoisotopic (exact) mass is 270 g/mol. The minimum atomic E-state index is -6.18. The first-order valence-corrected chi connectivity index (χ1v) is 3.65. The molecule has 0 bridgehead atoms. The van der Waals surface area contributed by atoms with Crippen LogP contribution in [0.2, 0.25) is 0 Å². The highest BCUT2D eigenvalue weighted by Gasteiger charge is 2.69. The topological polar surface area (TPSA) is 35.5 Å². The van der Waals surface area contributed by atoms with Gasteiger partial charge in [-0.25, -0.2) is 9.18 Å². The summed E-state index contributed by atoms with van der Waals surface area (Å²) in [7, 11) is 0.300. The first-order chi connectivity index (χ1) is 7.38. The normalized spacial score (nSPS) is 16.2. The standard InChI is InChI=1S/C7H5F7O3/c1-3(8)6(10,11)17-5(9,4(15)16-2)7(12,13)14/h1H2,2H3. The van der Waals surface area contributed by atoms with Crippen molar-refractivity contribution in [2.45, 2.75) is 18.1 Å². The van der Waals surface area contributed by atoms with Gasteiger partial charge in [0.25, 0.3) is 0 Å². The van der Waals surface area contributed by atoms with Crippen molar-refractivity contribution in [3.63, 3.8) is 0 Å². The maximum atomic E-state index is 13.0. The Morgan fingerprint density at radius 2 is 1.53 bits per heavy atom. The Bertz CT molecular complexity index is 324. The molecule has 17 heavy (non-hydrogen) atoms. The predicted molar refractivity (Wildman–Crippen MR) is 38.2 cm³/mol. The first kappa shape index (κ1) is 15.7. The van der Waals surface area contributed by atoms with E-state index in [1.54, 1.807) is 0 Å². The SMILES string of the molecule is C=C(F)C(F)(F)OC(F)(C(=O)OC)C(F)(F)F. The molecule has 1 unspecified atom stereocenters. The molecule has 100 valence electrons. The highest BCUT2D eigenvalue weighted by Crippen LogP contribution is 2.42. The summed E-state index contributed by atoms with van der Waals surface area (Å²) in [5.41, 5.74) is 0. The molecule has 0 spiro atoms. The Kier molecular flexibility index (Phi) is 4.16. The molecule has 0 saturated heterocycles. The summed E-state index contributed by atoms with van der Waals surface area (Å²) in [6, 6.07) is 0. The van der Waals surface area contributed by atoms with Gasteiger partial charge in [0, 0.05) is 0 Å². The second-order valence-electron chi connectivity index (χ2n) is 2.61. The summed E-state index contributed by atoms with van der Waals surface area (Å²) in [5, 5.41) is 0. The highest BCUT2D eigenvalue weighted by molar-refractivity contribution is 5.78. The third-order valence-electron chi connectivity index (χ3n) is 1.40. The minimum Gasteiger partial charge on any atom is -0.465 e. The van der Waals surface area contributed by atoms with Gasteiger partial charge in [0.1, 0.15) is 0 Å². The fourth-order valence-corrected chi connectivity index (χ4v) is 0.579. The molecule has 0 aliphatic carbocycles. The Morgan fingerprint density at radius 1 is 1.12 bits per heavy atom. The summed E-state index contributed by atoms with van der Waals surface area (Å²) >= 11 is 0. The number of ether oxygens (including phenoxy) is 2. The van der Waals surface area contributed by atoms with Gasteiger partial charge in [-0.2, -0.15) is 26.3 Å². The van der Waals surface area contributed by atoms with Gasteiger partial charge in [0.2, 0.25) is 0 Å². The fourth-order valence-electron chi connectivity index (χ4n) is 0.579. The molecule has 0 aromatic carbocycles. The number of carbonyl (C=O) groups is 1. The van der Waals surface area contributed by atoms with Crippen molar-refractivity contribution in [2.24, 2.45) is 0 Å². The van der Waals surface area contributed by atoms with Gasteiger partial charge in [-0.15, -0.1) is 0 Å². The van der Waals surface area contributed by atoms with Crippen LogP contribution < -0.4 is 0 Å². The largest absolute Gasteiger partial charge is 0.465 e. The van der Waals surface area contributed by atoms with Crippen LogP contribution in [0.25, 0.3) is 0 Å². The number of rotatable bonds is 4. The van der Waals surface area contributed by atoms with Gasteiger partial charge in [-0.05, 0) is 0 Å². The lowest BCUT2D eigenvalue weighted by Gasteiger charge is -2.28. The molecule has 0 N–H and O–H groups in total. The van der Waals surface area contributed by atoms with E-state index in [1.165, 1.54) is 0 Å². The van der Waals surface area contributed by atoms with Crippen LogP contribution in [0.3, 0.4) is 0 Å². The first-order valence-electron chi connectivity index (χ1n) is 3.65. The number of hydrogen-bond donors (Lipinski definition) is 0. The number of carbonyl (C=O) groups excluding carboxylic acids is 1. The fraction of sp³-hybridized carbons (Fsp3) is 0.571. The summed E-state index contributed by atoms with van der Waals surface area (Å²) < 4.78 is 91.9. The Balaban J connectivity index is 5.39. The van der Waals surface area contributed by atoms with E-state index in [0.717, 1.165) is 0 Å². The maximum absolute atomic E-state index is 13.0. The lowest BCUT2D eigenvalue weighted by atomic mass is 10.3. The Labute approximate surface area is 89.8 Å². The van der Waals surface area contributed by atoms with E-state index in [9.17, 15) is 35.5 Å². The van der Waals surface area contributed by atoms with Gasteiger partial charge >= 0.3 is 24.1 Å². The molecule has 3 nitrogen and oxygen atoms in total. The second-order valence-corrected chi connectivity index (χ2v) is 2.61.